The highest BCUT2D eigenvalue weighted by atomic mass is 35.5. The summed E-state index contributed by atoms with van der Waals surface area (Å²) in [6.07, 6.45) is 4.45. The molecule has 2 rings (SSSR count). The number of rotatable bonds is 4. The Hall–Kier alpha value is -1.62. The minimum Gasteiger partial charge on any atom is -0.339 e. The highest BCUT2D eigenvalue weighted by Gasteiger charge is 2.24. The second kappa shape index (κ2) is 6.89. The molecule has 1 fully saturated rings. The van der Waals surface area contributed by atoms with Crippen LogP contribution < -0.4 is 0 Å². The number of halogens is 1. The lowest BCUT2D eigenvalue weighted by Gasteiger charge is -2.32. The number of nitro benzene ring substituents is 1. The molecule has 0 N–H and O–H groups in total. The van der Waals surface area contributed by atoms with Crippen LogP contribution in [0.3, 0.4) is 0 Å². The number of carbonyl (C=O) groups is 1. The van der Waals surface area contributed by atoms with Gasteiger partial charge in [0.25, 0.3) is 11.6 Å². The van der Waals surface area contributed by atoms with E-state index in [4.69, 9.17) is 11.6 Å². The maximum atomic E-state index is 12.4. The fourth-order valence-corrected chi connectivity index (χ4v) is 3.05. The molecule has 1 aliphatic rings. The van der Waals surface area contributed by atoms with Crippen LogP contribution in [0.25, 0.3) is 0 Å². The zero-order chi connectivity index (χ0) is 15.4. The highest BCUT2D eigenvalue weighted by Crippen LogP contribution is 2.27. The highest BCUT2D eigenvalue weighted by molar-refractivity contribution is 6.33. The molecule has 1 aromatic carbocycles. The molecule has 0 radical (unpaired) electrons. The summed E-state index contributed by atoms with van der Waals surface area (Å²) >= 11 is 5.86. The van der Waals surface area contributed by atoms with Crippen LogP contribution in [0.5, 0.6) is 0 Å². The van der Waals surface area contributed by atoms with E-state index in [2.05, 4.69) is 6.92 Å². The van der Waals surface area contributed by atoms with Gasteiger partial charge >= 0.3 is 0 Å². The van der Waals surface area contributed by atoms with E-state index in [-0.39, 0.29) is 16.6 Å². The smallest absolute Gasteiger partial charge is 0.287 e. The van der Waals surface area contributed by atoms with Crippen LogP contribution in [0, 0.1) is 16.0 Å². The summed E-state index contributed by atoms with van der Waals surface area (Å²) in [5.74, 6) is 0.612. The van der Waals surface area contributed by atoms with Crippen molar-refractivity contribution in [3.63, 3.8) is 0 Å². The molecule has 0 aromatic heterocycles. The number of amides is 1. The normalized spacial score (nSPS) is 16.0. The van der Waals surface area contributed by atoms with Crippen LogP contribution in [-0.4, -0.2) is 28.8 Å². The molecule has 1 saturated heterocycles. The van der Waals surface area contributed by atoms with Gasteiger partial charge in [0, 0.05) is 24.7 Å². The van der Waals surface area contributed by atoms with Gasteiger partial charge in [-0.15, -0.1) is 0 Å². The fourth-order valence-electron chi connectivity index (χ4n) is 2.80. The van der Waals surface area contributed by atoms with Gasteiger partial charge in [0.15, 0.2) is 0 Å². The summed E-state index contributed by atoms with van der Waals surface area (Å²) in [5, 5.41) is 10.7. The molecule has 5 nitrogen and oxygen atoms in total. The zero-order valence-electron chi connectivity index (χ0n) is 12.0. The molecule has 0 aliphatic carbocycles. The number of benzene rings is 1. The van der Waals surface area contributed by atoms with Crippen molar-refractivity contribution in [3.8, 4) is 0 Å². The third-order valence-electron chi connectivity index (χ3n) is 3.99. The number of piperidine rings is 1. The minimum absolute atomic E-state index is 0.00622. The topological polar surface area (TPSA) is 63.5 Å². The maximum Gasteiger partial charge on any atom is 0.287 e. The second-order valence-corrected chi connectivity index (χ2v) is 5.85. The number of hydrogen-bond donors (Lipinski definition) is 0. The Morgan fingerprint density at radius 2 is 2.10 bits per heavy atom. The predicted molar refractivity (Wildman–Crippen MR) is 81.6 cm³/mol. The van der Waals surface area contributed by atoms with Gasteiger partial charge < -0.3 is 4.90 Å². The van der Waals surface area contributed by atoms with Gasteiger partial charge in [-0.3, -0.25) is 14.9 Å². The van der Waals surface area contributed by atoms with Crippen molar-refractivity contribution in [1.29, 1.82) is 0 Å². The maximum absolute atomic E-state index is 12.4. The SMILES string of the molecule is CCCC1CCN(C(=O)c2ccc([N+](=O)[O-])c(Cl)c2)CC1. The summed E-state index contributed by atoms with van der Waals surface area (Å²) in [4.78, 5) is 24.4. The predicted octanol–water partition coefficient (Wildman–Crippen LogP) is 3.90. The Morgan fingerprint density at radius 3 is 2.62 bits per heavy atom. The van der Waals surface area contributed by atoms with Gasteiger partial charge in [0.2, 0.25) is 0 Å². The quantitative estimate of drug-likeness (QED) is 0.626. The molecule has 0 atom stereocenters. The lowest BCUT2D eigenvalue weighted by atomic mass is 9.92. The van der Waals surface area contributed by atoms with Gasteiger partial charge in [0.05, 0.1) is 4.92 Å². The van der Waals surface area contributed by atoms with Crippen LogP contribution in [0.2, 0.25) is 5.02 Å². The lowest BCUT2D eigenvalue weighted by molar-refractivity contribution is -0.384. The molecular formula is C15H19ClN2O3. The first-order valence-electron chi connectivity index (χ1n) is 7.26. The molecule has 114 valence electrons. The largest absolute Gasteiger partial charge is 0.339 e. The molecule has 0 spiro atoms. The number of hydrogen-bond acceptors (Lipinski definition) is 3. The summed E-state index contributed by atoms with van der Waals surface area (Å²) < 4.78 is 0. The lowest BCUT2D eigenvalue weighted by Crippen LogP contribution is -2.38. The summed E-state index contributed by atoms with van der Waals surface area (Å²) in [5.41, 5.74) is 0.245. The van der Waals surface area contributed by atoms with Crippen LogP contribution >= 0.6 is 11.6 Å². The van der Waals surface area contributed by atoms with Gasteiger partial charge in [-0.1, -0.05) is 31.4 Å². The van der Waals surface area contributed by atoms with Gasteiger partial charge in [-0.05, 0) is 30.9 Å². The Balaban J connectivity index is 2.04. The van der Waals surface area contributed by atoms with Crippen molar-refractivity contribution in [2.24, 2.45) is 5.92 Å². The Bertz CT molecular complexity index is 540. The summed E-state index contributed by atoms with van der Waals surface area (Å²) in [7, 11) is 0. The Morgan fingerprint density at radius 1 is 1.43 bits per heavy atom. The number of likely N-dealkylation sites (tertiary alicyclic amines) is 1. The minimum atomic E-state index is -0.549. The molecule has 1 heterocycles. The van der Waals surface area contributed by atoms with E-state index in [1.165, 1.54) is 31.0 Å². The second-order valence-electron chi connectivity index (χ2n) is 5.45. The van der Waals surface area contributed by atoms with E-state index in [9.17, 15) is 14.9 Å². The molecule has 21 heavy (non-hydrogen) atoms. The van der Waals surface area contributed by atoms with E-state index in [1.807, 2.05) is 4.90 Å². The molecule has 0 unspecified atom stereocenters. The Labute approximate surface area is 129 Å². The molecule has 0 saturated carbocycles. The first-order valence-corrected chi connectivity index (χ1v) is 7.64. The first-order chi connectivity index (χ1) is 10.0. The molecular weight excluding hydrogens is 292 g/mol. The summed E-state index contributed by atoms with van der Waals surface area (Å²) in [6.45, 7) is 3.67. The average Bonchev–Trinajstić information content (AvgIpc) is 2.47. The van der Waals surface area contributed by atoms with Crippen molar-refractivity contribution < 1.29 is 9.72 Å². The van der Waals surface area contributed by atoms with E-state index in [0.717, 1.165) is 25.9 Å². The monoisotopic (exact) mass is 310 g/mol. The molecule has 1 aliphatic heterocycles. The average molecular weight is 311 g/mol. The van der Waals surface area contributed by atoms with Gasteiger partial charge in [-0.25, -0.2) is 0 Å². The van der Waals surface area contributed by atoms with Crippen molar-refractivity contribution in [1.82, 2.24) is 4.90 Å². The molecule has 1 aromatic rings. The van der Waals surface area contributed by atoms with Crippen LogP contribution in [0.1, 0.15) is 43.0 Å². The van der Waals surface area contributed by atoms with E-state index < -0.39 is 4.92 Å². The van der Waals surface area contributed by atoms with E-state index in [0.29, 0.717) is 11.5 Å². The van der Waals surface area contributed by atoms with E-state index in [1.54, 1.807) is 0 Å². The van der Waals surface area contributed by atoms with Crippen LogP contribution in [-0.2, 0) is 0 Å². The molecule has 1 amide bonds. The first kappa shape index (κ1) is 15.8. The number of carbonyl (C=O) groups excluding carboxylic acids is 1. The van der Waals surface area contributed by atoms with Crippen molar-refractivity contribution >= 4 is 23.2 Å². The van der Waals surface area contributed by atoms with Crippen LogP contribution in [0.4, 0.5) is 5.69 Å². The third-order valence-corrected chi connectivity index (χ3v) is 4.29. The zero-order valence-corrected chi connectivity index (χ0v) is 12.8. The summed E-state index contributed by atoms with van der Waals surface area (Å²) in [6, 6.07) is 4.16. The standard InChI is InChI=1S/C15H19ClN2O3/c1-2-3-11-6-8-17(9-7-11)15(19)12-4-5-14(18(20)21)13(16)10-12/h4-5,10-11H,2-3,6-9H2,1H3. The van der Waals surface area contributed by atoms with Crippen molar-refractivity contribution in [2.45, 2.75) is 32.6 Å². The van der Waals surface area contributed by atoms with Crippen molar-refractivity contribution in [2.75, 3.05) is 13.1 Å². The number of nitro groups is 1. The van der Waals surface area contributed by atoms with E-state index >= 15 is 0 Å². The number of nitrogens with zero attached hydrogens (tertiary/aromatic N) is 2. The van der Waals surface area contributed by atoms with Crippen molar-refractivity contribution in [3.05, 3.63) is 38.9 Å². The molecule has 0 bridgehead atoms. The van der Waals surface area contributed by atoms with Crippen LogP contribution in [0.15, 0.2) is 18.2 Å². The molecule has 6 heteroatoms. The third kappa shape index (κ3) is 3.73. The fraction of sp³-hybridized carbons (Fsp3) is 0.533. The van der Waals surface area contributed by atoms with Gasteiger partial charge in [-0.2, -0.15) is 0 Å². The van der Waals surface area contributed by atoms with Gasteiger partial charge in [0.1, 0.15) is 5.02 Å². The Kier molecular flexibility index (Phi) is 5.17.